The van der Waals surface area contributed by atoms with Crippen molar-refractivity contribution in [2.24, 2.45) is 4.99 Å². The molecule has 1 aliphatic rings. The molecule has 1 aromatic heterocycles. The van der Waals surface area contributed by atoms with E-state index in [2.05, 4.69) is 76.6 Å². The van der Waals surface area contributed by atoms with Crippen LogP contribution in [-0.4, -0.2) is 54.2 Å². The van der Waals surface area contributed by atoms with Crippen LogP contribution >= 0.6 is 24.0 Å². The number of aliphatic imine (C=N–C) groups is 1. The molecule has 7 heteroatoms. The van der Waals surface area contributed by atoms with Gasteiger partial charge in [-0.1, -0.05) is 60.7 Å². The first kappa shape index (κ1) is 25.2. The number of benzene rings is 2. The van der Waals surface area contributed by atoms with Crippen molar-refractivity contribution < 1.29 is 4.74 Å². The van der Waals surface area contributed by atoms with Crippen molar-refractivity contribution in [3.63, 3.8) is 0 Å². The Labute approximate surface area is 213 Å². The van der Waals surface area contributed by atoms with Crippen molar-refractivity contribution >= 4 is 29.9 Å². The minimum Gasteiger partial charge on any atom is -0.381 e. The maximum atomic E-state index is 5.68. The molecular formula is C26H34IN5O. The second-order valence-corrected chi connectivity index (χ2v) is 8.39. The summed E-state index contributed by atoms with van der Waals surface area (Å²) in [4.78, 5) is 15.2. The number of ether oxygens (including phenoxy) is 1. The van der Waals surface area contributed by atoms with Gasteiger partial charge in [0.15, 0.2) is 5.96 Å². The van der Waals surface area contributed by atoms with Crippen LogP contribution in [0, 0.1) is 0 Å². The predicted octanol–water partition coefficient (Wildman–Crippen LogP) is 4.84. The van der Waals surface area contributed by atoms with E-state index in [0.29, 0.717) is 6.54 Å². The van der Waals surface area contributed by atoms with Crippen molar-refractivity contribution in [2.75, 3.05) is 33.4 Å². The molecule has 0 aliphatic carbocycles. The Hall–Kier alpha value is -2.39. The first-order valence-corrected chi connectivity index (χ1v) is 11.4. The normalized spacial score (nSPS) is 15.5. The number of nitrogens with zero attached hydrogens (tertiary/aromatic N) is 3. The van der Waals surface area contributed by atoms with Crippen LogP contribution in [0.2, 0.25) is 0 Å². The lowest BCUT2D eigenvalue weighted by Gasteiger charge is -2.37. The summed E-state index contributed by atoms with van der Waals surface area (Å²) in [6.07, 6.45) is 3.87. The zero-order chi connectivity index (χ0) is 22.2. The second-order valence-electron chi connectivity index (χ2n) is 8.39. The topological polar surface area (TPSA) is 65.5 Å². The fourth-order valence-electron chi connectivity index (χ4n) is 4.29. The third kappa shape index (κ3) is 6.35. The third-order valence-electron chi connectivity index (χ3n) is 6.16. The van der Waals surface area contributed by atoms with Crippen molar-refractivity contribution in [3.05, 3.63) is 78.2 Å². The third-order valence-corrected chi connectivity index (χ3v) is 6.16. The van der Waals surface area contributed by atoms with Crippen LogP contribution < -0.4 is 5.32 Å². The van der Waals surface area contributed by atoms with Crippen LogP contribution in [0.4, 0.5) is 0 Å². The maximum Gasteiger partial charge on any atom is 0.194 e. The molecule has 33 heavy (non-hydrogen) atoms. The van der Waals surface area contributed by atoms with Gasteiger partial charge in [-0.3, -0.25) is 4.99 Å². The fourth-order valence-corrected chi connectivity index (χ4v) is 4.29. The molecule has 0 amide bonds. The molecule has 2 heterocycles. The Bertz CT molecular complexity index is 1000. The van der Waals surface area contributed by atoms with Crippen LogP contribution in [0.3, 0.4) is 0 Å². The van der Waals surface area contributed by atoms with Crippen LogP contribution in [-0.2, 0) is 16.7 Å². The van der Waals surface area contributed by atoms with Gasteiger partial charge in [-0.05, 0) is 30.9 Å². The molecule has 0 unspecified atom stereocenters. The standard InChI is InChI=1S/C26H33N5O.HI/c1-3-27-25(29-20-26(14-16-32-17-15-26)22-12-8-5-9-13-22)31(2)19-24-28-18-23(30-24)21-10-6-4-7-11-21;/h4-13,18H,3,14-17,19-20H2,1-2H3,(H,27,29)(H,28,30);1H. The quantitative estimate of drug-likeness (QED) is 0.247. The zero-order valence-corrected chi connectivity index (χ0v) is 21.8. The molecule has 176 valence electrons. The highest BCUT2D eigenvalue weighted by Crippen LogP contribution is 2.35. The number of rotatable bonds is 7. The first-order chi connectivity index (χ1) is 15.7. The molecule has 3 aromatic rings. The Balaban J connectivity index is 0.00000306. The number of imidazole rings is 1. The van der Waals surface area contributed by atoms with Crippen molar-refractivity contribution in [3.8, 4) is 11.3 Å². The molecule has 2 aromatic carbocycles. The van der Waals surface area contributed by atoms with E-state index in [1.807, 2.05) is 24.4 Å². The van der Waals surface area contributed by atoms with Gasteiger partial charge in [-0.2, -0.15) is 0 Å². The van der Waals surface area contributed by atoms with Gasteiger partial charge in [-0.25, -0.2) is 4.98 Å². The lowest BCUT2D eigenvalue weighted by atomic mass is 9.74. The highest BCUT2D eigenvalue weighted by Gasteiger charge is 2.34. The van der Waals surface area contributed by atoms with E-state index >= 15 is 0 Å². The lowest BCUT2D eigenvalue weighted by molar-refractivity contribution is 0.0530. The maximum absolute atomic E-state index is 5.68. The molecule has 0 atom stereocenters. The second kappa shape index (κ2) is 12.2. The number of nitrogens with one attached hydrogen (secondary N) is 2. The summed E-state index contributed by atoms with van der Waals surface area (Å²) in [7, 11) is 2.06. The van der Waals surface area contributed by atoms with Gasteiger partial charge in [-0.15, -0.1) is 24.0 Å². The highest BCUT2D eigenvalue weighted by atomic mass is 127. The van der Waals surface area contributed by atoms with Crippen LogP contribution in [0.1, 0.15) is 31.2 Å². The highest BCUT2D eigenvalue weighted by molar-refractivity contribution is 14.0. The van der Waals surface area contributed by atoms with Gasteiger partial charge in [0.05, 0.1) is 25.0 Å². The van der Waals surface area contributed by atoms with Crippen molar-refractivity contribution in [2.45, 2.75) is 31.7 Å². The summed E-state index contributed by atoms with van der Waals surface area (Å²) in [5, 5.41) is 3.45. The molecule has 1 aliphatic heterocycles. The minimum absolute atomic E-state index is 0. The van der Waals surface area contributed by atoms with Gasteiger partial charge in [0.1, 0.15) is 5.82 Å². The van der Waals surface area contributed by atoms with E-state index in [4.69, 9.17) is 9.73 Å². The van der Waals surface area contributed by atoms with Gasteiger partial charge in [0, 0.05) is 32.2 Å². The average Bonchev–Trinajstić information content (AvgIpc) is 3.32. The average molecular weight is 559 g/mol. The summed E-state index contributed by atoms with van der Waals surface area (Å²) < 4.78 is 5.68. The summed E-state index contributed by atoms with van der Waals surface area (Å²) >= 11 is 0. The largest absolute Gasteiger partial charge is 0.381 e. The summed E-state index contributed by atoms with van der Waals surface area (Å²) in [5.41, 5.74) is 3.54. The van der Waals surface area contributed by atoms with Crippen molar-refractivity contribution in [1.82, 2.24) is 20.2 Å². The van der Waals surface area contributed by atoms with Gasteiger partial charge >= 0.3 is 0 Å². The molecule has 0 bridgehead atoms. The van der Waals surface area contributed by atoms with Gasteiger partial charge in [0.2, 0.25) is 0 Å². The lowest BCUT2D eigenvalue weighted by Crippen LogP contribution is -2.42. The molecule has 1 saturated heterocycles. The minimum atomic E-state index is 0. The van der Waals surface area contributed by atoms with Gasteiger partial charge < -0.3 is 19.9 Å². The predicted molar refractivity (Wildman–Crippen MR) is 145 cm³/mol. The number of hydrogen-bond acceptors (Lipinski definition) is 3. The monoisotopic (exact) mass is 559 g/mol. The molecule has 6 nitrogen and oxygen atoms in total. The number of guanidine groups is 1. The number of hydrogen-bond donors (Lipinski definition) is 2. The number of aromatic nitrogens is 2. The SMILES string of the molecule is CCNC(=NCC1(c2ccccc2)CCOCC1)N(C)Cc1ncc(-c2ccccc2)[nH]1.I. The fraction of sp³-hybridized carbons (Fsp3) is 0.385. The molecule has 4 rings (SSSR count). The van der Waals surface area contributed by atoms with E-state index in [1.54, 1.807) is 0 Å². The van der Waals surface area contributed by atoms with E-state index in [-0.39, 0.29) is 29.4 Å². The van der Waals surface area contributed by atoms with E-state index in [1.165, 1.54) is 5.56 Å². The number of H-pyrrole nitrogens is 1. The summed E-state index contributed by atoms with van der Waals surface area (Å²) in [6.45, 7) is 5.88. The molecule has 1 fully saturated rings. The molecule has 0 radical (unpaired) electrons. The Morgan fingerprint density at radius 3 is 2.42 bits per heavy atom. The molecule has 2 N–H and O–H groups in total. The summed E-state index contributed by atoms with van der Waals surface area (Å²) in [6, 6.07) is 21.0. The molecule has 0 saturated carbocycles. The number of aromatic amines is 1. The van der Waals surface area contributed by atoms with E-state index in [0.717, 1.165) is 62.2 Å². The first-order valence-electron chi connectivity index (χ1n) is 11.4. The smallest absolute Gasteiger partial charge is 0.194 e. The Morgan fingerprint density at radius 1 is 1.09 bits per heavy atom. The Kier molecular flexibility index (Phi) is 9.31. The van der Waals surface area contributed by atoms with E-state index < -0.39 is 0 Å². The van der Waals surface area contributed by atoms with Crippen LogP contribution in [0.25, 0.3) is 11.3 Å². The van der Waals surface area contributed by atoms with Gasteiger partial charge in [0.25, 0.3) is 0 Å². The molecular weight excluding hydrogens is 525 g/mol. The van der Waals surface area contributed by atoms with Crippen LogP contribution in [0.15, 0.2) is 71.9 Å². The van der Waals surface area contributed by atoms with Crippen molar-refractivity contribution in [1.29, 1.82) is 0 Å². The van der Waals surface area contributed by atoms with Crippen LogP contribution in [0.5, 0.6) is 0 Å². The summed E-state index contributed by atoms with van der Waals surface area (Å²) in [5.74, 6) is 1.81. The number of halogens is 1. The zero-order valence-electron chi connectivity index (χ0n) is 19.5. The Morgan fingerprint density at radius 2 is 1.76 bits per heavy atom. The molecule has 0 spiro atoms. The van der Waals surface area contributed by atoms with E-state index in [9.17, 15) is 0 Å².